The van der Waals surface area contributed by atoms with Gasteiger partial charge in [-0.3, -0.25) is 10.5 Å². The van der Waals surface area contributed by atoms with Crippen LogP contribution in [0.4, 0.5) is 10.1 Å². The highest BCUT2D eigenvalue weighted by atomic mass is 35.5. The van der Waals surface area contributed by atoms with Gasteiger partial charge in [0.05, 0.1) is 36.1 Å². The summed E-state index contributed by atoms with van der Waals surface area (Å²) in [6, 6.07) is 3.52. The molecular weight excluding hydrogens is 297 g/mol. The van der Waals surface area contributed by atoms with E-state index in [1.54, 1.807) is 11.8 Å². The fourth-order valence-corrected chi connectivity index (χ4v) is 2.38. The minimum atomic E-state index is -0.576. The first-order valence-electron chi connectivity index (χ1n) is 6.29. The summed E-state index contributed by atoms with van der Waals surface area (Å²) in [5.41, 5.74) is 10.0. The van der Waals surface area contributed by atoms with Gasteiger partial charge in [0.25, 0.3) is 0 Å². The number of hydrogen-bond acceptors (Lipinski definition) is 5. The van der Waals surface area contributed by atoms with E-state index >= 15 is 0 Å². The quantitative estimate of drug-likeness (QED) is 0.426. The molecule has 8 heteroatoms. The summed E-state index contributed by atoms with van der Waals surface area (Å²) in [5.74, 6) is 5.22. The van der Waals surface area contributed by atoms with Gasteiger partial charge in [-0.2, -0.15) is 5.10 Å². The summed E-state index contributed by atoms with van der Waals surface area (Å²) in [7, 11) is 1.59. The molecule has 1 unspecified atom stereocenters. The number of nitrogens with one attached hydrogen (secondary N) is 1. The number of rotatable bonds is 6. The standard InChI is InChI=1S/C13H17ClFN5O/c1-21-5-4-20-13(10(14)7-18-20)12(19-17)9-6-8(15)2-3-11(9)16/h2-3,6-7,12,19H,4-5,16-17H2,1H3. The fourth-order valence-electron chi connectivity index (χ4n) is 2.13. The van der Waals surface area contributed by atoms with Gasteiger partial charge in [0.2, 0.25) is 0 Å². The van der Waals surface area contributed by atoms with E-state index in [4.69, 9.17) is 27.9 Å². The number of nitrogens with zero attached hydrogens (tertiary/aromatic N) is 2. The largest absolute Gasteiger partial charge is 0.398 e. The lowest BCUT2D eigenvalue weighted by atomic mass is 10.0. The molecule has 0 spiro atoms. The summed E-state index contributed by atoms with van der Waals surface area (Å²) in [4.78, 5) is 0. The van der Waals surface area contributed by atoms with E-state index in [1.807, 2.05) is 0 Å². The van der Waals surface area contributed by atoms with Crippen molar-refractivity contribution in [2.75, 3.05) is 19.5 Å². The van der Waals surface area contributed by atoms with E-state index < -0.39 is 11.9 Å². The van der Waals surface area contributed by atoms with Gasteiger partial charge in [0.1, 0.15) is 5.82 Å². The number of nitrogens with two attached hydrogens (primary N) is 2. The number of ether oxygens (including phenoxy) is 1. The van der Waals surface area contributed by atoms with Crippen molar-refractivity contribution in [3.05, 3.63) is 46.5 Å². The minimum absolute atomic E-state index is 0.404. The molecule has 0 saturated carbocycles. The van der Waals surface area contributed by atoms with Crippen LogP contribution in [0.5, 0.6) is 0 Å². The maximum absolute atomic E-state index is 13.5. The summed E-state index contributed by atoms with van der Waals surface area (Å²) < 4.78 is 20.2. The minimum Gasteiger partial charge on any atom is -0.398 e. The molecule has 5 N–H and O–H groups in total. The predicted molar refractivity (Wildman–Crippen MR) is 79.1 cm³/mol. The third kappa shape index (κ3) is 3.33. The molecule has 21 heavy (non-hydrogen) atoms. The molecule has 0 saturated heterocycles. The number of methoxy groups -OCH3 is 1. The molecule has 2 aromatic rings. The average molecular weight is 314 g/mol. The Labute approximate surface area is 126 Å². The van der Waals surface area contributed by atoms with Crippen molar-refractivity contribution in [2.45, 2.75) is 12.6 Å². The number of hydrogen-bond donors (Lipinski definition) is 3. The molecule has 2 rings (SSSR count). The van der Waals surface area contributed by atoms with Crippen LogP contribution in [-0.2, 0) is 11.3 Å². The Kier molecular flexibility index (Phi) is 5.13. The van der Waals surface area contributed by atoms with Crippen LogP contribution in [-0.4, -0.2) is 23.5 Å². The lowest BCUT2D eigenvalue weighted by Crippen LogP contribution is -2.32. The van der Waals surface area contributed by atoms with Crippen molar-refractivity contribution in [1.82, 2.24) is 15.2 Å². The summed E-state index contributed by atoms with van der Waals surface area (Å²) in [6.45, 7) is 0.951. The van der Waals surface area contributed by atoms with Gasteiger partial charge in [-0.05, 0) is 18.2 Å². The van der Waals surface area contributed by atoms with Crippen molar-refractivity contribution in [3.8, 4) is 0 Å². The van der Waals surface area contributed by atoms with E-state index in [2.05, 4.69) is 10.5 Å². The highest BCUT2D eigenvalue weighted by Crippen LogP contribution is 2.31. The number of hydrazine groups is 1. The van der Waals surface area contributed by atoms with Crippen LogP contribution in [0, 0.1) is 5.82 Å². The van der Waals surface area contributed by atoms with Gasteiger partial charge in [0.15, 0.2) is 0 Å². The Hall–Kier alpha value is -1.67. The second-order valence-corrected chi connectivity index (χ2v) is 4.87. The normalized spacial score (nSPS) is 12.6. The molecule has 0 fully saturated rings. The Balaban J connectivity index is 2.46. The molecule has 1 atom stereocenters. The first-order valence-corrected chi connectivity index (χ1v) is 6.67. The van der Waals surface area contributed by atoms with Crippen LogP contribution in [0.15, 0.2) is 24.4 Å². The molecule has 1 aromatic carbocycles. The third-order valence-electron chi connectivity index (χ3n) is 3.14. The van der Waals surface area contributed by atoms with E-state index in [-0.39, 0.29) is 0 Å². The van der Waals surface area contributed by atoms with Gasteiger partial charge in [-0.1, -0.05) is 11.6 Å². The zero-order valence-electron chi connectivity index (χ0n) is 11.5. The predicted octanol–water partition coefficient (Wildman–Crippen LogP) is 1.46. The zero-order valence-corrected chi connectivity index (χ0v) is 12.3. The van der Waals surface area contributed by atoms with Crippen LogP contribution in [0.25, 0.3) is 0 Å². The molecule has 6 nitrogen and oxygen atoms in total. The molecule has 0 amide bonds. The van der Waals surface area contributed by atoms with Crippen LogP contribution in [0.3, 0.4) is 0 Å². The molecule has 1 heterocycles. The molecule has 0 aliphatic rings. The number of halogens is 2. The maximum atomic E-state index is 13.5. The average Bonchev–Trinajstić information content (AvgIpc) is 2.83. The van der Waals surface area contributed by atoms with E-state index in [9.17, 15) is 4.39 Å². The number of anilines is 1. The summed E-state index contributed by atoms with van der Waals surface area (Å²) in [5, 5.41) is 4.59. The fraction of sp³-hybridized carbons (Fsp3) is 0.308. The van der Waals surface area contributed by atoms with Gasteiger partial charge in [0, 0.05) is 18.4 Å². The molecule has 1 aromatic heterocycles. The van der Waals surface area contributed by atoms with Crippen molar-refractivity contribution in [3.63, 3.8) is 0 Å². The second kappa shape index (κ2) is 6.86. The van der Waals surface area contributed by atoms with Crippen molar-refractivity contribution < 1.29 is 9.13 Å². The Morgan fingerprint density at radius 3 is 2.95 bits per heavy atom. The van der Waals surface area contributed by atoms with Crippen molar-refractivity contribution in [1.29, 1.82) is 0 Å². The van der Waals surface area contributed by atoms with Gasteiger partial charge in [-0.15, -0.1) is 0 Å². The molecule has 0 bridgehead atoms. The Morgan fingerprint density at radius 2 is 2.29 bits per heavy atom. The molecule has 0 aliphatic carbocycles. The number of aromatic nitrogens is 2. The summed E-state index contributed by atoms with van der Waals surface area (Å²) in [6.07, 6.45) is 1.51. The Morgan fingerprint density at radius 1 is 1.52 bits per heavy atom. The smallest absolute Gasteiger partial charge is 0.123 e. The monoisotopic (exact) mass is 313 g/mol. The first kappa shape index (κ1) is 15.7. The topological polar surface area (TPSA) is 91.1 Å². The van der Waals surface area contributed by atoms with Gasteiger partial charge < -0.3 is 10.5 Å². The first-order chi connectivity index (χ1) is 10.1. The third-order valence-corrected chi connectivity index (χ3v) is 3.43. The van der Waals surface area contributed by atoms with Gasteiger partial charge >= 0.3 is 0 Å². The SMILES string of the molecule is COCCn1ncc(Cl)c1C(NN)c1cc(F)ccc1N. The van der Waals surface area contributed by atoms with Crippen LogP contribution >= 0.6 is 11.6 Å². The lowest BCUT2D eigenvalue weighted by molar-refractivity contribution is 0.182. The highest BCUT2D eigenvalue weighted by molar-refractivity contribution is 6.31. The number of nitrogen functional groups attached to an aromatic ring is 1. The Bertz CT molecular complexity index is 619. The van der Waals surface area contributed by atoms with Crippen LogP contribution in [0.1, 0.15) is 17.3 Å². The molecular formula is C13H17ClFN5O. The van der Waals surface area contributed by atoms with Gasteiger partial charge in [-0.25, -0.2) is 9.82 Å². The molecule has 0 aliphatic heterocycles. The summed E-state index contributed by atoms with van der Waals surface area (Å²) >= 11 is 6.19. The van der Waals surface area contributed by atoms with Crippen LogP contribution < -0.4 is 17.0 Å². The second-order valence-electron chi connectivity index (χ2n) is 4.47. The maximum Gasteiger partial charge on any atom is 0.123 e. The van der Waals surface area contributed by atoms with E-state index in [0.29, 0.717) is 35.1 Å². The molecule has 114 valence electrons. The lowest BCUT2D eigenvalue weighted by Gasteiger charge is -2.20. The van der Waals surface area contributed by atoms with Crippen molar-refractivity contribution in [2.24, 2.45) is 5.84 Å². The van der Waals surface area contributed by atoms with Crippen molar-refractivity contribution >= 4 is 17.3 Å². The van der Waals surface area contributed by atoms with Crippen LogP contribution in [0.2, 0.25) is 5.02 Å². The van der Waals surface area contributed by atoms with E-state index in [0.717, 1.165) is 0 Å². The highest BCUT2D eigenvalue weighted by Gasteiger charge is 2.23. The zero-order chi connectivity index (χ0) is 15.4. The number of benzene rings is 1. The van der Waals surface area contributed by atoms with E-state index in [1.165, 1.54) is 24.4 Å². The molecule has 0 radical (unpaired) electrons.